The van der Waals surface area contributed by atoms with Gasteiger partial charge in [0.15, 0.2) is 0 Å². The van der Waals surface area contributed by atoms with Crippen molar-refractivity contribution in [2.75, 3.05) is 16.8 Å². The first kappa shape index (κ1) is 16.1. The number of nitrogens with one attached hydrogen (secondary N) is 1. The minimum absolute atomic E-state index is 0.0297. The van der Waals surface area contributed by atoms with Crippen LogP contribution in [0.2, 0.25) is 0 Å². The number of carbonyl (C=O) groups excluding carboxylic acids is 1. The molecule has 0 bridgehead atoms. The van der Waals surface area contributed by atoms with Crippen LogP contribution >= 0.6 is 0 Å². The first-order valence-electron chi connectivity index (χ1n) is 8.07. The molecule has 1 aromatic heterocycles. The zero-order valence-corrected chi connectivity index (χ0v) is 13.6. The molecule has 0 unspecified atom stereocenters. The first-order chi connectivity index (χ1) is 12.6. The average molecular weight is 352 g/mol. The molecule has 0 saturated heterocycles. The molecule has 1 aliphatic heterocycles. The molecule has 4 rings (SSSR count). The normalized spacial score (nSPS) is 12.8. The maximum atomic E-state index is 13.7. The molecule has 2 aromatic carbocycles. The van der Waals surface area contributed by atoms with E-state index in [1.807, 2.05) is 29.2 Å². The number of anilines is 3. The summed E-state index contributed by atoms with van der Waals surface area (Å²) in [6, 6.07) is 12.7. The highest BCUT2D eigenvalue weighted by Gasteiger charge is 2.23. The lowest BCUT2D eigenvalue weighted by Crippen LogP contribution is -2.20. The van der Waals surface area contributed by atoms with E-state index < -0.39 is 23.2 Å². The Bertz CT molecular complexity index is 973. The maximum absolute atomic E-state index is 13.7. The van der Waals surface area contributed by atoms with Gasteiger partial charge in [-0.25, -0.2) is 18.7 Å². The number of rotatable bonds is 3. The van der Waals surface area contributed by atoms with Crippen LogP contribution in [-0.2, 0) is 6.42 Å². The van der Waals surface area contributed by atoms with Gasteiger partial charge < -0.3 is 10.2 Å². The molecule has 130 valence electrons. The van der Waals surface area contributed by atoms with E-state index in [9.17, 15) is 13.6 Å². The third kappa shape index (κ3) is 2.88. The van der Waals surface area contributed by atoms with E-state index in [4.69, 9.17) is 0 Å². The summed E-state index contributed by atoms with van der Waals surface area (Å²) in [5.74, 6) is -2.02. The van der Waals surface area contributed by atoms with Crippen molar-refractivity contribution in [1.82, 2.24) is 9.97 Å². The van der Waals surface area contributed by atoms with Crippen molar-refractivity contribution in [1.29, 1.82) is 0 Å². The van der Waals surface area contributed by atoms with Gasteiger partial charge in [-0.15, -0.1) is 0 Å². The Balaban J connectivity index is 1.61. The molecule has 0 aliphatic carbocycles. The van der Waals surface area contributed by atoms with Crippen molar-refractivity contribution in [3.05, 3.63) is 77.6 Å². The monoisotopic (exact) mass is 352 g/mol. The molecule has 0 fully saturated rings. The SMILES string of the molecule is O=C(Nc1c(F)cccc1F)c1ccnc(N2CCc3ccccc32)n1. The van der Waals surface area contributed by atoms with E-state index in [0.29, 0.717) is 12.5 Å². The Morgan fingerprint density at radius 2 is 1.81 bits per heavy atom. The van der Waals surface area contributed by atoms with Gasteiger partial charge in [0.05, 0.1) is 0 Å². The number of amides is 1. The fourth-order valence-electron chi connectivity index (χ4n) is 2.95. The topological polar surface area (TPSA) is 58.1 Å². The smallest absolute Gasteiger partial charge is 0.274 e. The summed E-state index contributed by atoms with van der Waals surface area (Å²) in [7, 11) is 0. The van der Waals surface area contributed by atoms with Crippen LogP contribution in [0, 0.1) is 11.6 Å². The average Bonchev–Trinajstić information content (AvgIpc) is 3.09. The molecule has 1 aliphatic rings. The standard InChI is InChI=1S/C19H14F2N4O/c20-13-5-3-6-14(21)17(13)24-18(26)15-8-10-22-19(23-15)25-11-9-12-4-1-2-7-16(12)25/h1-8,10H,9,11H2,(H,24,26). The highest BCUT2D eigenvalue weighted by Crippen LogP contribution is 2.32. The van der Waals surface area contributed by atoms with Crippen molar-refractivity contribution >= 4 is 23.2 Å². The van der Waals surface area contributed by atoms with Gasteiger partial charge in [-0.2, -0.15) is 0 Å². The van der Waals surface area contributed by atoms with Crippen LogP contribution in [0.15, 0.2) is 54.7 Å². The lowest BCUT2D eigenvalue weighted by Gasteiger charge is -2.17. The largest absolute Gasteiger partial charge is 0.316 e. The summed E-state index contributed by atoms with van der Waals surface area (Å²) < 4.78 is 27.4. The van der Waals surface area contributed by atoms with Gasteiger partial charge in [0.1, 0.15) is 23.0 Å². The van der Waals surface area contributed by atoms with Crippen molar-refractivity contribution in [3.63, 3.8) is 0 Å². The predicted molar refractivity (Wildman–Crippen MR) is 93.5 cm³/mol. The number of benzene rings is 2. The number of halogens is 2. The van der Waals surface area contributed by atoms with Gasteiger partial charge in [-0.1, -0.05) is 24.3 Å². The second-order valence-corrected chi connectivity index (χ2v) is 5.82. The van der Waals surface area contributed by atoms with Crippen LogP contribution in [0.3, 0.4) is 0 Å². The molecule has 7 heteroatoms. The third-order valence-electron chi connectivity index (χ3n) is 4.21. The lowest BCUT2D eigenvalue weighted by molar-refractivity contribution is 0.102. The Morgan fingerprint density at radius 3 is 2.62 bits per heavy atom. The van der Waals surface area contributed by atoms with Crippen LogP contribution < -0.4 is 10.2 Å². The molecular formula is C19H14F2N4O. The summed E-state index contributed by atoms with van der Waals surface area (Å²) in [6.07, 6.45) is 2.31. The van der Waals surface area contributed by atoms with Gasteiger partial charge in [-0.3, -0.25) is 4.79 Å². The number of fused-ring (bicyclic) bond motifs is 1. The minimum atomic E-state index is -0.846. The lowest BCUT2D eigenvalue weighted by atomic mass is 10.2. The predicted octanol–water partition coefficient (Wildman–Crippen LogP) is 3.70. The van der Waals surface area contributed by atoms with E-state index in [-0.39, 0.29) is 5.69 Å². The molecule has 1 N–H and O–H groups in total. The van der Waals surface area contributed by atoms with Crippen molar-refractivity contribution in [3.8, 4) is 0 Å². The molecule has 0 spiro atoms. The Hall–Kier alpha value is -3.35. The van der Waals surface area contributed by atoms with Crippen LogP contribution in [0.5, 0.6) is 0 Å². The zero-order chi connectivity index (χ0) is 18.1. The van der Waals surface area contributed by atoms with Gasteiger partial charge >= 0.3 is 0 Å². The van der Waals surface area contributed by atoms with Crippen molar-refractivity contribution in [2.45, 2.75) is 6.42 Å². The van der Waals surface area contributed by atoms with Gasteiger partial charge in [0, 0.05) is 18.4 Å². The van der Waals surface area contributed by atoms with Crippen LogP contribution in [-0.4, -0.2) is 22.4 Å². The molecule has 26 heavy (non-hydrogen) atoms. The van der Waals surface area contributed by atoms with Crippen molar-refractivity contribution < 1.29 is 13.6 Å². The minimum Gasteiger partial charge on any atom is -0.316 e. The Kier molecular flexibility index (Phi) is 4.04. The third-order valence-corrected chi connectivity index (χ3v) is 4.21. The molecule has 0 radical (unpaired) electrons. The van der Waals surface area contributed by atoms with E-state index >= 15 is 0 Å². The van der Waals surface area contributed by atoms with Crippen LogP contribution in [0.4, 0.5) is 26.1 Å². The second-order valence-electron chi connectivity index (χ2n) is 5.82. The fourth-order valence-corrected chi connectivity index (χ4v) is 2.95. The van der Waals surface area contributed by atoms with Crippen LogP contribution in [0.25, 0.3) is 0 Å². The molecule has 2 heterocycles. The van der Waals surface area contributed by atoms with Gasteiger partial charge in [0.25, 0.3) is 5.91 Å². The highest BCUT2D eigenvalue weighted by molar-refractivity contribution is 6.03. The quantitative estimate of drug-likeness (QED) is 0.781. The molecule has 0 atom stereocenters. The zero-order valence-electron chi connectivity index (χ0n) is 13.6. The summed E-state index contributed by atoms with van der Waals surface area (Å²) in [5, 5.41) is 2.23. The maximum Gasteiger partial charge on any atom is 0.274 e. The number of carbonyl (C=O) groups is 1. The number of nitrogens with zero attached hydrogens (tertiary/aromatic N) is 3. The first-order valence-corrected chi connectivity index (χ1v) is 8.07. The van der Waals surface area contributed by atoms with E-state index in [2.05, 4.69) is 15.3 Å². The summed E-state index contributed by atoms with van der Waals surface area (Å²) in [5.41, 5.74) is 1.70. The molecular weight excluding hydrogens is 338 g/mol. The number of aromatic nitrogens is 2. The van der Waals surface area contributed by atoms with E-state index in [1.165, 1.54) is 23.9 Å². The summed E-state index contributed by atoms with van der Waals surface area (Å²) in [4.78, 5) is 22.8. The molecule has 0 saturated carbocycles. The van der Waals surface area contributed by atoms with Crippen molar-refractivity contribution in [2.24, 2.45) is 0 Å². The fraction of sp³-hybridized carbons (Fsp3) is 0.105. The van der Waals surface area contributed by atoms with E-state index in [0.717, 1.165) is 24.2 Å². The van der Waals surface area contributed by atoms with E-state index in [1.54, 1.807) is 0 Å². The summed E-state index contributed by atoms with van der Waals surface area (Å²) >= 11 is 0. The van der Waals surface area contributed by atoms with Gasteiger partial charge in [-0.05, 0) is 36.2 Å². The number of para-hydroxylation sites is 2. The van der Waals surface area contributed by atoms with Crippen LogP contribution in [0.1, 0.15) is 16.1 Å². The molecule has 5 nitrogen and oxygen atoms in total. The highest BCUT2D eigenvalue weighted by atomic mass is 19.1. The Morgan fingerprint density at radius 1 is 1.04 bits per heavy atom. The number of hydrogen-bond acceptors (Lipinski definition) is 4. The second kappa shape index (κ2) is 6.51. The number of hydrogen-bond donors (Lipinski definition) is 1. The van der Waals surface area contributed by atoms with Gasteiger partial charge in [0.2, 0.25) is 5.95 Å². The summed E-state index contributed by atoms with van der Waals surface area (Å²) in [6.45, 7) is 0.701. The molecule has 3 aromatic rings. The molecule has 1 amide bonds. The Labute approximate surface area is 148 Å².